The van der Waals surface area contributed by atoms with E-state index in [4.69, 9.17) is 9.84 Å². The van der Waals surface area contributed by atoms with Crippen LogP contribution in [0.5, 0.6) is 5.75 Å². The maximum absolute atomic E-state index is 10.9. The van der Waals surface area contributed by atoms with Gasteiger partial charge in [0.2, 0.25) is 0 Å². The zero-order valence-electron chi connectivity index (χ0n) is 10.9. The summed E-state index contributed by atoms with van der Waals surface area (Å²) in [4.78, 5) is 10.9. The first-order valence-electron chi connectivity index (χ1n) is 5.82. The standard InChI is InChI=1S/C14H20O3/c1-10(2)9-11-5-7-12(8-6-11)17-14(3,4)13(15)16/h5-8,10H,9H2,1-4H3,(H,15,16). The van der Waals surface area contributed by atoms with Gasteiger partial charge in [-0.15, -0.1) is 0 Å². The normalized spacial score (nSPS) is 11.6. The van der Waals surface area contributed by atoms with Gasteiger partial charge in [-0.3, -0.25) is 0 Å². The van der Waals surface area contributed by atoms with Crippen LogP contribution in [-0.4, -0.2) is 16.7 Å². The highest BCUT2D eigenvalue weighted by molar-refractivity contribution is 5.76. The predicted octanol–water partition coefficient (Wildman–Crippen LogP) is 3.13. The molecule has 3 heteroatoms. The summed E-state index contributed by atoms with van der Waals surface area (Å²) < 4.78 is 5.42. The van der Waals surface area contributed by atoms with E-state index in [-0.39, 0.29) is 0 Å². The maximum Gasteiger partial charge on any atom is 0.347 e. The summed E-state index contributed by atoms with van der Waals surface area (Å²) in [6, 6.07) is 7.60. The number of benzene rings is 1. The Morgan fingerprint density at radius 1 is 1.29 bits per heavy atom. The molecule has 0 aliphatic rings. The van der Waals surface area contributed by atoms with Gasteiger partial charge in [-0.25, -0.2) is 4.79 Å². The molecule has 1 aromatic carbocycles. The zero-order chi connectivity index (χ0) is 13.1. The van der Waals surface area contributed by atoms with Gasteiger partial charge >= 0.3 is 5.97 Å². The maximum atomic E-state index is 10.9. The van der Waals surface area contributed by atoms with E-state index in [0.717, 1.165) is 6.42 Å². The summed E-state index contributed by atoms with van der Waals surface area (Å²) in [6.07, 6.45) is 1.02. The van der Waals surface area contributed by atoms with E-state index in [2.05, 4.69) is 13.8 Å². The van der Waals surface area contributed by atoms with Crippen LogP contribution in [0.3, 0.4) is 0 Å². The van der Waals surface area contributed by atoms with Crippen molar-refractivity contribution in [3.8, 4) is 5.75 Å². The smallest absolute Gasteiger partial charge is 0.347 e. The molecule has 3 nitrogen and oxygen atoms in total. The molecule has 1 aromatic rings. The minimum atomic E-state index is -1.19. The quantitative estimate of drug-likeness (QED) is 0.854. The fourth-order valence-electron chi connectivity index (χ4n) is 1.50. The Morgan fingerprint density at radius 2 is 1.82 bits per heavy atom. The zero-order valence-corrected chi connectivity index (χ0v) is 10.9. The number of carbonyl (C=O) groups is 1. The van der Waals surface area contributed by atoms with Crippen molar-refractivity contribution < 1.29 is 14.6 Å². The molecule has 0 amide bonds. The van der Waals surface area contributed by atoms with Crippen LogP contribution in [0.4, 0.5) is 0 Å². The van der Waals surface area contributed by atoms with Gasteiger partial charge in [-0.05, 0) is 43.9 Å². The Bertz CT molecular complexity index is 377. The van der Waals surface area contributed by atoms with Gasteiger partial charge < -0.3 is 9.84 Å². The third kappa shape index (κ3) is 4.10. The Hall–Kier alpha value is -1.51. The largest absolute Gasteiger partial charge is 0.478 e. The number of hydrogen-bond donors (Lipinski definition) is 1. The fraction of sp³-hybridized carbons (Fsp3) is 0.500. The second-order valence-corrected chi connectivity index (χ2v) is 5.16. The molecule has 0 saturated carbocycles. The van der Waals surface area contributed by atoms with E-state index in [1.165, 1.54) is 19.4 Å². The minimum absolute atomic E-state index is 0.588. The van der Waals surface area contributed by atoms with E-state index in [0.29, 0.717) is 11.7 Å². The van der Waals surface area contributed by atoms with E-state index in [1.54, 1.807) is 0 Å². The van der Waals surface area contributed by atoms with Crippen LogP contribution in [-0.2, 0) is 11.2 Å². The van der Waals surface area contributed by atoms with Gasteiger partial charge in [0.15, 0.2) is 5.60 Å². The molecule has 0 bridgehead atoms. The molecule has 0 aliphatic carbocycles. The second kappa shape index (κ2) is 5.21. The molecule has 0 aliphatic heterocycles. The summed E-state index contributed by atoms with van der Waals surface area (Å²) in [5.41, 5.74) is 0.0417. The first-order chi connectivity index (χ1) is 7.81. The van der Waals surface area contributed by atoms with Crippen LogP contribution in [0.25, 0.3) is 0 Å². The number of ether oxygens (including phenoxy) is 1. The molecule has 0 heterocycles. The number of carboxylic acid groups (broad SMARTS) is 1. The Kier molecular flexibility index (Phi) is 4.16. The van der Waals surface area contributed by atoms with Crippen molar-refractivity contribution in [3.63, 3.8) is 0 Å². The van der Waals surface area contributed by atoms with Crippen LogP contribution < -0.4 is 4.74 Å². The monoisotopic (exact) mass is 236 g/mol. The summed E-state index contributed by atoms with van der Waals surface area (Å²) in [7, 11) is 0. The SMILES string of the molecule is CC(C)Cc1ccc(OC(C)(C)C(=O)O)cc1. The van der Waals surface area contributed by atoms with Crippen LogP contribution in [0, 0.1) is 5.92 Å². The first-order valence-corrected chi connectivity index (χ1v) is 5.82. The van der Waals surface area contributed by atoms with E-state index in [1.807, 2.05) is 24.3 Å². The third-order valence-corrected chi connectivity index (χ3v) is 2.46. The molecule has 1 N–H and O–H groups in total. The van der Waals surface area contributed by atoms with Crippen molar-refractivity contribution in [2.75, 3.05) is 0 Å². The van der Waals surface area contributed by atoms with Crippen molar-refractivity contribution in [3.05, 3.63) is 29.8 Å². The Balaban J connectivity index is 2.72. The summed E-state index contributed by atoms with van der Waals surface area (Å²) >= 11 is 0. The lowest BCUT2D eigenvalue weighted by Crippen LogP contribution is -2.37. The molecule has 1 rings (SSSR count). The number of hydrogen-bond acceptors (Lipinski definition) is 2. The number of carboxylic acids is 1. The molecule has 0 spiro atoms. The third-order valence-electron chi connectivity index (χ3n) is 2.46. The highest BCUT2D eigenvalue weighted by atomic mass is 16.5. The summed E-state index contributed by atoms with van der Waals surface area (Å²) in [5.74, 6) is 0.228. The van der Waals surface area contributed by atoms with E-state index >= 15 is 0 Å². The van der Waals surface area contributed by atoms with Crippen molar-refractivity contribution >= 4 is 5.97 Å². The highest BCUT2D eigenvalue weighted by Gasteiger charge is 2.29. The molecule has 94 valence electrons. The van der Waals surface area contributed by atoms with Gasteiger partial charge in [0.25, 0.3) is 0 Å². The molecule has 0 radical (unpaired) electrons. The van der Waals surface area contributed by atoms with Crippen molar-refractivity contribution in [2.24, 2.45) is 5.92 Å². The van der Waals surface area contributed by atoms with Gasteiger partial charge in [-0.1, -0.05) is 26.0 Å². The van der Waals surface area contributed by atoms with Crippen molar-refractivity contribution in [1.82, 2.24) is 0 Å². The van der Waals surface area contributed by atoms with Crippen molar-refractivity contribution in [2.45, 2.75) is 39.7 Å². The van der Waals surface area contributed by atoms with E-state index < -0.39 is 11.6 Å². The van der Waals surface area contributed by atoms with Gasteiger partial charge in [0.05, 0.1) is 0 Å². The molecule has 0 aromatic heterocycles. The first kappa shape index (κ1) is 13.6. The average Bonchev–Trinajstić information content (AvgIpc) is 2.19. The van der Waals surface area contributed by atoms with Crippen molar-refractivity contribution in [1.29, 1.82) is 0 Å². The summed E-state index contributed by atoms with van der Waals surface area (Å²) in [6.45, 7) is 7.41. The minimum Gasteiger partial charge on any atom is -0.478 e. The number of aliphatic carboxylic acids is 1. The second-order valence-electron chi connectivity index (χ2n) is 5.16. The fourth-order valence-corrected chi connectivity index (χ4v) is 1.50. The van der Waals surface area contributed by atoms with Crippen LogP contribution >= 0.6 is 0 Å². The molecule has 0 saturated heterocycles. The lowest BCUT2D eigenvalue weighted by atomic mass is 10.0. The molecule has 17 heavy (non-hydrogen) atoms. The Morgan fingerprint density at radius 3 is 2.24 bits per heavy atom. The average molecular weight is 236 g/mol. The lowest BCUT2D eigenvalue weighted by molar-refractivity contribution is -0.152. The summed E-state index contributed by atoms with van der Waals surface area (Å²) in [5, 5.41) is 8.95. The molecular weight excluding hydrogens is 216 g/mol. The van der Waals surface area contributed by atoms with Crippen LogP contribution in [0.1, 0.15) is 33.3 Å². The van der Waals surface area contributed by atoms with Gasteiger partial charge in [0.1, 0.15) is 5.75 Å². The van der Waals surface area contributed by atoms with E-state index in [9.17, 15) is 4.79 Å². The topological polar surface area (TPSA) is 46.5 Å². The van der Waals surface area contributed by atoms with Crippen LogP contribution in [0.2, 0.25) is 0 Å². The number of rotatable bonds is 5. The van der Waals surface area contributed by atoms with Gasteiger partial charge in [0, 0.05) is 0 Å². The predicted molar refractivity (Wildman–Crippen MR) is 67.3 cm³/mol. The highest BCUT2D eigenvalue weighted by Crippen LogP contribution is 2.20. The lowest BCUT2D eigenvalue weighted by Gasteiger charge is -2.21. The van der Waals surface area contributed by atoms with Crippen LogP contribution in [0.15, 0.2) is 24.3 Å². The molecule has 0 atom stereocenters. The molecular formula is C14H20O3. The Labute approximate surface area is 102 Å². The molecule has 0 fully saturated rings. The van der Waals surface area contributed by atoms with Gasteiger partial charge in [-0.2, -0.15) is 0 Å². The molecule has 0 unspecified atom stereocenters.